The van der Waals surface area contributed by atoms with Crippen molar-refractivity contribution in [3.05, 3.63) is 52.6 Å². The second-order valence-electron chi connectivity index (χ2n) is 3.92. The van der Waals surface area contributed by atoms with E-state index in [2.05, 4.69) is 4.98 Å². The smallest absolute Gasteiger partial charge is 0.335 e. The van der Waals surface area contributed by atoms with E-state index in [0.29, 0.717) is 11.4 Å². The first kappa shape index (κ1) is 12.6. The Kier molecular flexibility index (Phi) is 3.67. The lowest BCUT2D eigenvalue weighted by Crippen LogP contribution is -2.04. The predicted molar refractivity (Wildman–Crippen MR) is 69.1 cm³/mol. The van der Waals surface area contributed by atoms with E-state index in [-0.39, 0.29) is 5.56 Å². The molecule has 1 N–H and O–H groups in total. The van der Waals surface area contributed by atoms with E-state index >= 15 is 0 Å². The zero-order valence-corrected chi connectivity index (χ0v) is 10.7. The lowest BCUT2D eigenvalue weighted by molar-refractivity contribution is 0.0697. The minimum absolute atomic E-state index is 0.240. The molecule has 0 atom stereocenters. The van der Waals surface area contributed by atoms with Gasteiger partial charge in [-0.2, -0.15) is 0 Å². The molecule has 0 amide bonds. The number of rotatable bonds is 4. The minimum Gasteiger partial charge on any atom is -0.478 e. The van der Waals surface area contributed by atoms with E-state index in [1.807, 2.05) is 17.7 Å². The second-order valence-corrected chi connectivity index (χ2v) is 4.32. The topological polar surface area (TPSA) is 55.1 Å². The summed E-state index contributed by atoms with van der Waals surface area (Å²) in [5.74, 6) is -0.0753. The van der Waals surface area contributed by atoms with Crippen LogP contribution in [-0.2, 0) is 13.0 Å². The maximum absolute atomic E-state index is 10.9. The third-order valence-electron chi connectivity index (χ3n) is 2.78. The number of aromatic carboxylic acids is 1. The first-order valence-electron chi connectivity index (χ1n) is 5.63. The zero-order valence-electron chi connectivity index (χ0n) is 9.93. The van der Waals surface area contributed by atoms with Crippen molar-refractivity contribution in [3.8, 4) is 0 Å². The molecule has 1 aromatic carbocycles. The molecule has 0 aliphatic heterocycles. The summed E-state index contributed by atoms with van der Waals surface area (Å²) in [6, 6.07) is 4.71. The molecule has 4 nitrogen and oxygen atoms in total. The first-order chi connectivity index (χ1) is 8.61. The van der Waals surface area contributed by atoms with E-state index in [1.165, 1.54) is 6.07 Å². The van der Waals surface area contributed by atoms with Crippen molar-refractivity contribution in [2.24, 2.45) is 0 Å². The molecule has 0 radical (unpaired) electrons. The number of nitrogens with zero attached hydrogens (tertiary/aromatic N) is 2. The van der Waals surface area contributed by atoms with Gasteiger partial charge in [-0.25, -0.2) is 9.78 Å². The second kappa shape index (κ2) is 5.23. The van der Waals surface area contributed by atoms with Crippen LogP contribution in [0.3, 0.4) is 0 Å². The van der Waals surface area contributed by atoms with Gasteiger partial charge in [0.15, 0.2) is 0 Å². The highest BCUT2D eigenvalue weighted by Crippen LogP contribution is 2.20. The molecule has 2 aromatic rings. The van der Waals surface area contributed by atoms with Crippen LogP contribution in [0.25, 0.3) is 0 Å². The molecule has 0 aliphatic carbocycles. The van der Waals surface area contributed by atoms with Crippen LogP contribution in [-0.4, -0.2) is 20.6 Å². The largest absolute Gasteiger partial charge is 0.478 e. The Hall–Kier alpha value is -1.81. The third-order valence-corrected chi connectivity index (χ3v) is 3.15. The number of aryl methyl sites for hydroxylation is 1. The van der Waals surface area contributed by atoms with Gasteiger partial charge in [-0.1, -0.05) is 11.6 Å². The summed E-state index contributed by atoms with van der Waals surface area (Å²) in [5, 5.41) is 9.52. The van der Waals surface area contributed by atoms with Crippen LogP contribution in [0, 0.1) is 0 Å². The molecule has 0 aliphatic rings. The molecule has 1 heterocycles. The Labute approximate surface area is 110 Å². The molecule has 0 fully saturated rings. The van der Waals surface area contributed by atoms with E-state index in [0.717, 1.165) is 17.9 Å². The lowest BCUT2D eigenvalue weighted by atomic mass is 10.1. The Balaban J connectivity index is 2.33. The van der Waals surface area contributed by atoms with Crippen molar-refractivity contribution in [2.45, 2.75) is 19.9 Å². The van der Waals surface area contributed by atoms with Crippen LogP contribution in [0.15, 0.2) is 30.6 Å². The molecule has 18 heavy (non-hydrogen) atoms. The molecule has 0 unspecified atom stereocenters. The van der Waals surface area contributed by atoms with E-state index in [1.54, 1.807) is 18.3 Å². The highest BCUT2D eigenvalue weighted by molar-refractivity contribution is 6.31. The first-order valence-corrected chi connectivity index (χ1v) is 6.01. The average Bonchev–Trinajstić information content (AvgIpc) is 2.79. The maximum atomic E-state index is 10.9. The summed E-state index contributed by atoms with van der Waals surface area (Å²) >= 11 is 6.08. The highest BCUT2D eigenvalue weighted by Gasteiger charge is 2.10. The number of carbonyl (C=O) groups is 1. The third kappa shape index (κ3) is 2.54. The number of hydrogen-bond donors (Lipinski definition) is 1. The van der Waals surface area contributed by atoms with Gasteiger partial charge in [0.2, 0.25) is 0 Å². The van der Waals surface area contributed by atoms with Crippen molar-refractivity contribution in [1.29, 1.82) is 0 Å². The molecule has 0 spiro atoms. The number of hydrogen-bond acceptors (Lipinski definition) is 2. The number of carboxylic acid groups (broad SMARTS) is 1. The van der Waals surface area contributed by atoms with Crippen LogP contribution in [0.2, 0.25) is 5.02 Å². The molecule has 0 bridgehead atoms. The number of aromatic nitrogens is 2. The molecular formula is C13H13ClN2O2. The molecule has 2 rings (SSSR count). The van der Waals surface area contributed by atoms with Gasteiger partial charge in [-0.15, -0.1) is 0 Å². The molecule has 0 saturated heterocycles. The molecule has 94 valence electrons. The van der Waals surface area contributed by atoms with E-state index in [4.69, 9.17) is 16.7 Å². The Morgan fingerprint density at radius 3 is 2.94 bits per heavy atom. The monoisotopic (exact) mass is 264 g/mol. The van der Waals surface area contributed by atoms with Gasteiger partial charge >= 0.3 is 5.97 Å². The molecule has 1 aromatic heterocycles. The number of benzene rings is 1. The van der Waals surface area contributed by atoms with Crippen molar-refractivity contribution in [3.63, 3.8) is 0 Å². The predicted octanol–water partition coefficient (Wildman–Crippen LogP) is 2.85. The standard InChI is InChI=1S/C13H13ClN2O2/c1-2-16-6-5-15-12(16)8-10-7-9(13(17)18)3-4-11(10)14/h3-7H,2,8H2,1H3,(H,17,18). The van der Waals surface area contributed by atoms with Crippen LogP contribution < -0.4 is 0 Å². The summed E-state index contributed by atoms with van der Waals surface area (Å²) in [6.45, 7) is 2.85. The Bertz CT molecular complexity index is 578. The maximum Gasteiger partial charge on any atom is 0.335 e. The summed E-state index contributed by atoms with van der Waals surface area (Å²) in [7, 11) is 0. The summed E-state index contributed by atoms with van der Waals surface area (Å²) in [6.07, 6.45) is 4.15. The Morgan fingerprint density at radius 1 is 1.50 bits per heavy atom. The van der Waals surface area contributed by atoms with Gasteiger partial charge in [-0.3, -0.25) is 0 Å². The minimum atomic E-state index is -0.952. The van der Waals surface area contributed by atoms with E-state index in [9.17, 15) is 4.79 Å². The van der Waals surface area contributed by atoms with Crippen LogP contribution >= 0.6 is 11.6 Å². The molecular weight excluding hydrogens is 252 g/mol. The lowest BCUT2D eigenvalue weighted by Gasteiger charge is -2.07. The Morgan fingerprint density at radius 2 is 2.28 bits per heavy atom. The van der Waals surface area contributed by atoms with Crippen molar-refractivity contribution >= 4 is 17.6 Å². The summed E-state index contributed by atoms with van der Waals surface area (Å²) < 4.78 is 2.00. The highest BCUT2D eigenvalue weighted by atomic mass is 35.5. The van der Waals surface area contributed by atoms with Gasteiger partial charge in [0.1, 0.15) is 5.82 Å². The fourth-order valence-electron chi connectivity index (χ4n) is 1.81. The zero-order chi connectivity index (χ0) is 13.1. The van der Waals surface area contributed by atoms with Gasteiger partial charge in [0, 0.05) is 30.4 Å². The van der Waals surface area contributed by atoms with Crippen molar-refractivity contribution in [1.82, 2.24) is 9.55 Å². The van der Waals surface area contributed by atoms with Crippen LogP contribution in [0.4, 0.5) is 0 Å². The van der Waals surface area contributed by atoms with Crippen molar-refractivity contribution in [2.75, 3.05) is 0 Å². The quantitative estimate of drug-likeness (QED) is 0.924. The SMILES string of the molecule is CCn1ccnc1Cc1cc(C(=O)O)ccc1Cl. The van der Waals surface area contributed by atoms with Gasteiger partial charge < -0.3 is 9.67 Å². The van der Waals surface area contributed by atoms with Crippen molar-refractivity contribution < 1.29 is 9.90 Å². The molecule has 0 saturated carbocycles. The number of carboxylic acids is 1. The van der Waals surface area contributed by atoms with Gasteiger partial charge in [0.25, 0.3) is 0 Å². The van der Waals surface area contributed by atoms with Gasteiger partial charge in [0.05, 0.1) is 5.56 Å². The van der Waals surface area contributed by atoms with Crippen LogP contribution in [0.1, 0.15) is 28.7 Å². The van der Waals surface area contributed by atoms with Crippen LogP contribution in [0.5, 0.6) is 0 Å². The number of halogens is 1. The average molecular weight is 265 g/mol. The summed E-state index contributed by atoms with van der Waals surface area (Å²) in [5.41, 5.74) is 1.02. The van der Waals surface area contributed by atoms with Gasteiger partial charge in [-0.05, 0) is 30.7 Å². The normalized spacial score (nSPS) is 10.6. The fourth-order valence-corrected chi connectivity index (χ4v) is 1.99. The van der Waals surface area contributed by atoms with E-state index < -0.39 is 5.97 Å². The molecule has 5 heteroatoms. The summed E-state index contributed by atoms with van der Waals surface area (Å²) in [4.78, 5) is 15.2. The number of imidazole rings is 1. The fraction of sp³-hybridized carbons (Fsp3) is 0.231.